The highest BCUT2D eigenvalue weighted by Crippen LogP contribution is 2.45. The van der Waals surface area contributed by atoms with Gasteiger partial charge in [0.2, 0.25) is 5.90 Å². The van der Waals surface area contributed by atoms with Gasteiger partial charge in [-0.25, -0.2) is 10.4 Å². The largest absolute Gasteiger partial charge is 0.494 e. The number of hydrogen-bond acceptors (Lipinski definition) is 7. The summed E-state index contributed by atoms with van der Waals surface area (Å²) in [5.74, 6) is 0.551. The Morgan fingerprint density at radius 3 is 2.42 bits per heavy atom. The number of nitrogens with one attached hydrogen (secondary N) is 2. The maximum absolute atomic E-state index is 14.7. The molecule has 0 aliphatic carbocycles. The number of rotatable bonds is 14. The van der Waals surface area contributed by atoms with Gasteiger partial charge in [-0.05, 0) is 77.9 Å². The van der Waals surface area contributed by atoms with Crippen LogP contribution in [0.2, 0.25) is 10.0 Å². The van der Waals surface area contributed by atoms with Gasteiger partial charge in [0, 0.05) is 61.4 Å². The van der Waals surface area contributed by atoms with E-state index in [1.54, 1.807) is 30.0 Å². The zero-order chi connectivity index (χ0) is 34.9. The van der Waals surface area contributed by atoms with Crippen LogP contribution in [-0.2, 0) is 22.5 Å². The molecule has 0 bridgehead atoms. The van der Waals surface area contributed by atoms with Crippen LogP contribution in [0.15, 0.2) is 141 Å². The third-order valence-corrected chi connectivity index (χ3v) is 10.3. The zero-order valence-electron chi connectivity index (χ0n) is 26.8. The predicted molar refractivity (Wildman–Crippen MR) is 203 cm³/mol. The molecule has 0 spiro atoms. The van der Waals surface area contributed by atoms with Crippen molar-refractivity contribution in [2.24, 2.45) is 4.99 Å². The number of carbonyl (C=O) groups excluding carboxylic acids is 1. The van der Waals surface area contributed by atoms with Crippen molar-refractivity contribution < 1.29 is 19.4 Å². The Balaban J connectivity index is 1.34. The molecule has 1 heterocycles. The molecule has 1 amide bonds. The van der Waals surface area contributed by atoms with Crippen LogP contribution in [0.3, 0.4) is 0 Å². The Morgan fingerprint density at radius 2 is 1.68 bits per heavy atom. The average molecular weight is 792 g/mol. The molecule has 6 rings (SSSR count). The number of hydrogen-bond donors (Lipinski definition) is 3. The highest BCUT2D eigenvalue weighted by molar-refractivity contribution is 9.10. The van der Waals surface area contributed by atoms with E-state index in [0.717, 1.165) is 25.4 Å². The van der Waals surface area contributed by atoms with Crippen LogP contribution in [-0.4, -0.2) is 35.7 Å². The van der Waals surface area contributed by atoms with E-state index in [9.17, 15) is 4.79 Å². The summed E-state index contributed by atoms with van der Waals surface area (Å²) >= 11 is 18.3. The number of halogens is 3. The van der Waals surface area contributed by atoms with Crippen molar-refractivity contribution >= 4 is 62.7 Å². The smallest absolute Gasteiger partial charge is 0.266 e. The third-order valence-electron chi connectivity index (χ3n) is 8.09. The summed E-state index contributed by atoms with van der Waals surface area (Å²) < 4.78 is 13.3. The van der Waals surface area contributed by atoms with E-state index in [2.05, 4.69) is 45.0 Å². The van der Waals surface area contributed by atoms with Crippen LogP contribution in [0.5, 0.6) is 5.75 Å². The second-order valence-electron chi connectivity index (χ2n) is 11.6. The van der Waals surface area contributed by atoms with Crippen LogP contribution >= 0.6 is 50.9 Å². The Hall–Kier alpha value is -3.83. The van der Waals surface area contributed by atoms with Gasteiger partial charge in [-0.3, -0.25) is 10.2 Å². The van der Waals surface area contributed by atoms with E-state index >= 15 is 0 Å². The average Bonchev–Trinajstić information content (AvgIpc) is 3.50. The molecule has 50 heavy (non-hydrogen) atoms. The molecule has 0 fully saturated rings. The lowest BCUT2D eigenvalue weighted by atomic mass is 9.82. The molecule has 11 heteroatoms. The van der Waals surface area contributed by atoms with Gasteiger partial charge in [0.1, 0.15) is 5.75 Å². The van der Waals surface area contributed by atoms with Crippen molar-refractivity contribution in [3.63, 3.8) is 0 Å². The topological polar surface area (TPSA) is 92.2 Å². The van der Waals surface area contributed by atoms with Gasteiger partial charge in [0.15, 0.2) is 11.6 Å². The van der Waals surface area contributed by atoms with E-state index in [1.807, 2.05) is 84.9 Å². The molecule has 0 aromatic heterocycles. The molecule has 5 aromatic carbocycles. The summed E-state index contributed by atoms with van der Waals surface area (Å²) in [5, 5.41) is 9.93. The molecule has 7 nitrogen and oxygen atoms in total. The number of amides is 1. The standard InChI is InChI=1S/C39H34BrCl2N3O4S/c40-29-15-11-26(12-16-29)24-39(38(47)45-43-25-28-7-4-5-10-35(28)50-32-8-2-1-3-9-32)36(33-20-17-30(41)23-34(33)42)49-37(44-39)27-13-18-31(19-14-27)48-22-6-21-46/h1-5,7-20,23,36,43,46H,6,21-22,24-25H2,(H,45,47)/t36-,39-/m0/s1. The summed E-state index contributed by atoms with van der Waals surface area (Å²) in [4.78, 5) is 21.9. The van der Waals surface area contributed by atoms with Gasteiger partial charge < -0.3 is 14.6 Å². The lowest BCUT2D eigenvalue weighted by Crippen LogP contribution is -2.53. The first-order valence-corrected chi connectivity index (χ1v) is 18.4. The highest BCUT2D eigenvalue weighted by Gasteiger charge is 2.54. The normalized spacial score (nSPS) is 16.8. The van der Waals surface area contributed by atoms with E-state index in [-0.39, 0.29) is 18.9 Å². The van der Waals surface area contributed by atoms with Crippen LogP contribution < -0.4 is 15.6 Å². The first-order valence-electron chi connectivity index (χ1n) is 16.0. The van der Waals surface area contributed by atoms with Crippen molar-refractivity contribution in [3.8, 4) is 5.75 Å². The number of nitrogens with zero attached hydrogens (tertiary/aromatic N) is 1. The second-order valence-corrected chi connectivity index (χ2v) is 14.5. The molecular formula is C39H34BrCl2N3O4S. The van der Waals surface area contributed by atoms with Crippen molar-refractivity contribution in [2.45, 2.75) is 40.8 Å². The number of hydrazine groups is 1. The lowest BCUT2D eigenvalue weighted by molar-refractivity contribution is -0.130. The minimum atomic E-state index is -1.47. The van der Waals surface area contributed by atoms with Crippen LogP contribution in [0.4, 0.5) is 0 Å². The zero-order valence-corrected chi connectivity index (χ0v) is 30.7. The molecular weight excluding hydrogens is 757 g/mol. The third kappa shape index (κ3) is 8.72. The molecule has 3 N–H and O–H groups in total. The van der Waals surface area contributed by atoms with Gasteiger partial charge in [-0.2, -0.15) is 0 Å². The minimum absolute atomic E-state index is 0.0495. The molecule has 0 saturated carbocycles. The fraction of sp³-hybridized carbons (Fsp3) is 0.179. The van der Waals surface area contributed by atoms with Gasteiger partial charge >= 0.3 is 0 Å². The number of carbonyl (C=O) groups is 1. The summed E-state index contributed by atoms with van der Waals surface area (Å²) in [5.41, 5.74) is 7.82. The fourth-order valence-electron chi connectivity index (χ4n) is 5.58. The van der Waals surface area contributed by atoms with Crippen molar-refractivity contribution in [1.29, 1.82) is 0 Å². The quantitative estimate of drug-likeness (QED) is 0.0769. The van der Waals surface area contributed by atoms with E-state index in [0.29, 0.717) is 52.4 Å². The first-order chi connectivity index (χ1) is 24.3. The molecule has 0 saturated heterocycles. The van der Waals surface area contributed by atoms with Crippen molar-refractivity contribution in [1.82, 2.24) is 10.9 Å². The van der Waals surface area contributed by atoms with Crippen LogP contribution in [0, 0.1) is 0 Å². The summed E-state index contributed by atoms with van der Waals surface area (Å²) in [7, 11) is 0. The van der Waals surface area contributed by atoms with Gasteiger partial charge in [0.25, 0.3) is 5.91 Å². The number of aliphatic imine (C=N–C) groups is 1. The molecule has 1 aliphatic rings. The number of aliphatic hydroxyl groups excluding tert-OH is 1. The van der Waals surface area contributed by atoms with Crippen LogP contribution in [0.1, 0.15) is 34.8 Å². The Labute approximate surface area is 314 Å². The molecule has 0 radical (unpaired) electrons. The SMILES string of the molecule is O=C(NNCc1ccccc1Sc1ccccc1)[C@@]1(Cc2ccc(Br)cc2)N=C(c2ccc(OCCCO)cc2)O[C@H]1c1ccc(Cl)cc1Cl. The Bertz CT molecular complexity index is 1950. The van der Waals surface area contributed by atoms with Crippen molar-refractivity contribution in [2.75, 3.05) is 13.2 Å². The Kier molecular flexibility index (Phi) is 12.2. The second kappa shape index (κ2) is 16.9. The predicted octanol–water partition coefficient (Wildman–Crippen LogP) is 8.99. The number of ether oxygens (including phenoxy) is 2. The molecule has 0 unspecified atom stereocenters. The Morgan fingerprint density at radius 1 is 0.940 bits per heavy atom. The summed E-state index contributed by atoms with van der Waals surface area (Å²) in [6.45, 7) is 0.814. The van der Waals surface area contributed by atoms with Gasteiger partial charge in [0.05, 0.1) is 6.61 Å². The monoisotopic (exact) mass is 789 g/mol. The minimum Gasteiger partial charge on any atom is -0.494 e. The maximum Gasteiger partial charge on any atom is 0.266 e. The van der Waals surface area contributed by atoms with Crippen LogP contribution in [0.25, 0.3) is 0 Å². The first kappa shape index (κ1) is 36.0. The molecule has 1 aliphatic heterocycles. The summed E-state index contributed by atoms with van der Waals surface area (Å²) in [6, 6.07) is 38.4. The fourth-order valence-corrected chi connectivity index (χ4v) is 7.32. The summed E-state index contributed by atoms with van der Waals surface area (Å²) in [6.07, 6.45) is -0.154. The highest BCUT2D eigenvalue weighted by atomic mass is 79.9. The van der Waals surface area contributed by atoms with E-state index < -0.39 is 11.6 Å². The van der Waals surface area contributed by atoms with Gasteiger partial charge in [-0.15, -0.1) is 0 Å². The number of aliphatic hydroxyl groups is 1. The number of benzene rings is 5. The molecule has 2 atom stereocenters. The van der Waals surface area contributed by atoms with Crippen molar-refractivity contribution in [3.05, 3.63) is 158 Å². The van der Waals surface area contributed by atoms with Gasteiger partial charge in [-0.1, -0.05) is 105 Å². The molecule has 256 valence electrons. The maximum atomic E-state index is 14.7. The van der Waals surface area contributed by atoms with E-state index in [1.165, 1.54) is 0 Å². The van der Waals surface area contributed by atoms with E-state index in [4.69, 9.17) is 42.8 Å². The molecule has 5 aromatic rings. The lowest BCUT2D eigenvalue weighted by Gasteiger charge is -2.31.